The Morgan fingerprint density at radius 2 is 2.16 bits per heavy atom. The van der Waals surface area contributed by atoms with E-state index in [1.165, 1.54) is 24.3 Å². The van der Waals surface area contributed by atoms with Crippen molar-refractivity contribution in [3.05, 3.63) is 63.3 Å². The minimum atomic E-state index is -1.30. The van der Waals surface area contributed by atoms with E-state index >= 15 is 0 Å². The lowest BCUT2D eigenvalue weighted by Gasteiger charge is -2.07. The van der Waals surface area contributed by atoms with Crippen LogP contribution in [0.5, 0.6) is 0 Å². The number of rotatable bonds is 3. The minimum Gasteiger partial charge on any atom is -0.477 e. The molecule has 0 aliphatic heterocycles. The van der Waals surface area contributed by atoms with Gasteiger partial charge in [-0.25, -0.2) is 13.9 Å². The van der Waals surface area contributed by atoms with E-state index in [4.69, 9.17) is 5.11 Å². The molecule has 5 nitrogen and oxygen atoms in total. The summed E-state index contributed by atoms with van der Waals surface area (Å²) in [5, 5.41) is 12.9. The third-order valence-electron chi connectivity index (χ3n) is 2.55. The SMILES string of the molecule is Cc1cc(C(=O)O)c(=O)n(Cc2cccc(F)c2)n1. The molecule has 0 aliphatic rings. The summed E-state index contributed by atoms with van der Waals surface area (Å²) in [6.45, 7) is 1.62. The molecule has 0 bridgehead atoms. The minimum absolute atomic E-state index is 0.0263. The second kappa shape index (κ2) is 5.01. The Balaban J connectivity index is 2.46. The number of aryl methyl sites for hydroxylation is 1. The molecule has 0 aliphatic carbocycles. The molecule has 6 heteroatoms. The number of aromatic nitrogens is 2. The van der Waals surface area contributed by atoms with Gasteiger partial charge in [-0.2, -0.15) is 5.10 Å². The van der Waals surface area contributed by atoms with E-state index in [0.29, 0.717) is 11.3 Å². The zero-order chi connectivity index (χ0) is 14.0. The van der Waals surface area contributed by atoms with Crippen molar-refractivity contribution in [2.75, 3.05) is 0 Å². The van der Waals surface area contributed by atoms with Crippen LogP contribution in [0.25, 0.3) is 0 Å². The zero-order valence-electron chi connectivity index (χ0n) is 10.1. The Morgan fingerprint density at radius 3 is 2.79 bits per heavy atom. The molecule has 0 saturated heterocycles. The molecule has 2 rings (SSSR count). The lowest BCUT2D eigenvalue weighted by atomic mass is 10.2. The second-order valence-electron chi connectivity index (χ2n) is 4.10. The molecule has 0 spiro atoms. The molecule has 1 N–H and O–H groups in total. The Hall–Kier alpha value is -2.50. The smallest absolute Gasteiger partial charge is 0.341 e. The highest BCUT2D eigenvalue weighted by atomic mass is 19.1. The number of hydrogen-bond donors (Lipinski definition) is 1. The standard InChI is InChI=1S/C13H11FN2O3/c1-8-5-11(13(18)19)12(17)16(15-8)7-9-3-2-4-10(14)6-9/h2-6H,7H2,1H3,(H,18,19). The zero-order valence-corrected chi connectivity index (χ0v) is 10.1. The monoisotopic (exact) mass is 262 g/mol. The van der Waals surface area contributed by atoms with Gasteiger partial charge in [-0.3, -0.25) is 4.79 Å². The van der Waals surface area contributed by atoms with E-state index in [1.807, 2.05) is 0 Å². The highest BCUT2D eigenvalue weighted by Gasteiger charge is 2.13. The van der Waals surface area contributed by atoms with Crippen LogP contribution in [0.2, 0.25) is 0 Å². The molecular weight excluding hydrogens is 251 g/mol. The molecule has 0 atom stereocenters. The molecular formula is C13H11FN2O3. The van der Waals surface area contributed by atoms with Gasteiger partial charge in [0.2, 0.25) is 0 Å². The van der Waals surface area contributed by atoms with Gasteiger partial charge in [0.15, 0.2) is 0 Å². The molecule has 1 aromatic carbocycles. The summed E-state index contributed by atoms with van der Waals surface area (Å²) in [6.07, 6.45) is 0. The van der Waals surface area contributed by atoms with E-state index in [2.05, 4.69) is 5.10 Å². The summed E-state index contributed by atoms with van der Waals surface area (Å²) in [5.74, 6) is -1.72. The van der Waals surface area contributed by atoms with Gasteiger partial charge in [0.05, 0.1) is 12.2 Å². The van der Waals surface area contributed by atoms with Crippen LogP contribution in [0.4, 0.5) is 4.39 Å². The van der Waals surface area contributed by atoms with Gasteiger partial charge >= 0.3 is 5.97 Å². The Bertz CT molecular complexity index is 695. The lowest BCUT2D eigenvalue weighted by Crippen LogP contribution is -2.29. The highest BCUT2D eigenvalue weighted by molar-refractivity contribution is 5.87. The Morgan fingerprint density at radius 1 is 1.42 bits per heavy atom. The van der Waals surface area contributed by atoms with Crippen LogP contribution in [-0.2, 0) is 6.54 Å². The summed E-state index contributed by atoms with van der Waals surface area (Å²) in [6, 6.07) is 6.94. The molecule has 0 amide bonds. The van der Waals surface area contributed by atoms with E-state index in [0.717, 1.165) is 4.68 Å². The summed E-state index contributed by atoms with van der Waals surface area (Å²) in [7, 11) is 0. The molecule has 98 valence electrons. The van der Waals surface area contributed by atoms with Gasteiger partial charge in [-0.05, 0) is 30.7 Å². The van der Waals surface area contributed by atoms with Gasteiger partial charge < -0.3 is 5.11 Å². The predicted molar refractivity (Wildman–Crippen MR) is 65.7 cm³/mol. The van der Waals surface area contributed by atoms with Crippen molar-refractivity contribution in [3.63, 3.8) is 0 Å². The molecule has 0 saturated carbocycles. The Labute approximate surface area is 107 Å². The fraction of sp³-hybridized carbons (Fsp3) is 0.154. The molecule has 2 aromatic rings. The Kier molecular flexibility index (Phi) is 3.41. The van der Waals surface area contributed by atoms with Crippen molar-refractivity contribution < 1.29 is 14.3 Å². The maximum atomic E-state index is 13.1. The summed E-state index contributed by atoms with van der Waals surface area (Å²) >= 11 is 0. The van der Waals surface area contributed by atoms with Crippen molar-refractivity contribution in [3.8, 4) is 0 Å². The van der Waals surface area contributed by atoms with Crippen LogP contribution < -0.4 is 5.56 Å². The van der Waals surface area contributed by atoms with Crippen molar-refractivity contribution in [2.45, 2.75) is 13.5 Å². The van der Waals surface area contributed by atoms with Crippen LogP contribution in [0, 0.1) is 12.7 Å². The predicted octanol–water partition coefficient (Wildman–Crippen LogP) is 1.44. The van der Waals surface area contributed by atoms with E-state index < -0.39 is 17.3 Å². The highest BCUT2D eigenvalue weighted by Crippen LogP contribution is 2.05. The average molecular weight is 262 g/mol. The van der Waals surface area contributed by atoms with Gasteiger partial charge in [-0.15, -0.1) is 0 Å². The molecule has 1 heterocycles. The third-order valence-corrected chi connectivity index (χ3v) is 2.55. The van der Waals surface area contributed by atoms with Crippen LogP contribution >= 0.6 is 0 Å². The van der Waals surface area contributed by atoms with Crippen molar-refractivity contribution in [2.24, 2.45) is 0 Å². The van der Waals surface area contributed by atoms with E-state index in [-0.39, 0.29) is 12.1 Å². The van der Waals surface area contributed by atoms with Crippen molar-refractivity contribution in [1.29, 1.82) is 0 Å². The van der Waals surface area contributed by atoms with Crippen molar-refractivity contribution >= 4 is 5.97 Å². The molecule has 19 heavy (non-hydrogen) atoms. The van der Waals surface area contributed by atoms with Crippen LogP contribution in [0.15, 0.2) is 35.1 Å². The number of carboxylic acid groups (broad SMARTS) is 1. The molecule has 0 radical (unpaired) electrons. The summed E-state index contributed by atoms with van der Waals surface area (Å²) in [5.41, 5.74) is -0.101. The topological polar surface area (TPSA) is 72.2 Å². The first-order chi connectivity index (χ1) is 8.97. The van der Waals surface area contributed by atoms with Crippen molar-refractivity contribution in [1.82, 2.24) is 9.78 Å². The maximum absolute atomic E-state index is 13.1. The first-order valence-electron chi connectivity index (χ1n) is 5.54. The van der Waals surface area contributed by atoms with Gasteiger partial charge in [0, 0.05) is 0 Å². The molecule has 0 unspecified atom stereocenters. The molecule has 1 aromatic heterocycles. The number of carbonyl (C=O) groups is 1. The van der Waals surface area contributed by atoms with Gasteiger partial charge in [-0.1, -0.05) is 12.1 Å². The normalized spacial score (nSPS) is 10.4. The fourth-order valence-corrected chi connectivity index (χ4v) is 1.74. The van der Waals surface area contributed by atoms with E-state index in [1.54, 1.807) is 13.0 Å². The van der Waals surface area contributed by atoms with Crippen LogP contribution in [-0.4, -0.2) is 20.9 Å². The lowest BCUT2D eigenvalue weighted by molar-refractivity contribution is 0.0693. The first-order valence-corrected chi connectivity index (χ1v) is 5.54. The maximum Gasteiger partial charge on any atom is 0.341 e. The average Bonchev–Trinajstić information content (AvgIpc) is 2.33. The fourth-order valence-electron chi connectivity index (χ4n) is 1.74. The number of nitrogens with zero attached hydrogens (tertiary/aromatic N) is 2. The number of hydrogen-bond acceptors (Lipinski definition) is 3. The number of aromatic carboxylic acids is 1. The summed E-state index contributed by atoms with van der Waals surface area (Å²) in [4.78, 5) is 22.8. The van der Waals surface area contributed by atoms with Gasteiger partial charge in [0.25, 0.3) is 5.56 Å². The van der Waals surface area contributed by atoms with Crippen LogP contribution in [0.3, 0.4) is 0 Å². The van der Waals surface area contributed by atoms with E-state index in [9.17, 15) is 14.0 Å². The number of benzene rings is 1. The van der Waals surface area contributed by atoms with Gasteiger partial charge in [0.1, 0.15) is 11.4 Å². The second-order valence-corrected chi connectivity index (χ2v) is 4.10. The first kappa shape index (κ1) is 12.9. The number of halogens is 1. The summed E-state index contributed by atoms with van der Waals surface area (Å²) < 4.78 is 14.1. The molecule has 0 fully saturated rings. The largest absolute Gasteiger partial charge is 0.477 e. The third kappa shape index (κ3) is 2.85. The number of carboxylic acids is 1. The quantitative estimate of drug-likeness (QED) is 0.908. The van der Waals surface area contributed by atoms with Crippen LogP contribution in [0.1, 0.15) is 21.6 Å².